The minimum absolute atomic E-state index is 0.260. The molecule has 1 aliphatic heterocycles. The maximum absolute atomic E-state index is 12.1. The van der Waals surface area contributed by atoms with Crippen molar-refractivity contribution in [3.63, 3.8) is 0 Å². The lowest BCUT2D eigenvalue weighted by Gasteiger charge is -2.07. The summed E-state index contributed by atoms with van der Waals surface area (Å²) in [5.41, 5.74) is 6.32. The highest BCUT2D eigenvalue weighted by molar-refractivity contribution is 7.96. The van der Waals surface area contributed by atoms with Gasteiger partial charge in [-0.1, -0.05) is 0 Å². The van der Waals surface area contributed by atoms with Crippen molar-refractivity contribution in [1.82, 2.24) is 0 Å². The van der Waals surface area contributed by atoms with Crippen molar-refractivity contribution in [3.8, 4) is 5.75 Å². The van der Waals surface area contributed by atoms with Gasteiger partial charge < -0.3 is 10.5 Å². The number of benzene rings is 1. The molecule has 2 rings (SSSR count). The van der Waals surface area contributed by atoms with Crippen molar-refractivity contribution < 1.29 is 13.2 Å². The van der Waals surface area contributed by atoms with E-state index in [0.717, 1.165) is 0 Å². The van der Waals surface area contributed by atoms with Gasteiger partial charge in [0, 0.05) is 6.04 Å². The molecule has 2 N–H and O–H groups in total. The molecule has 1 aliphatic rings. The second kappa shape index (κ2) is 3.61. The lowest BCUT2D eigenvalue weighted by molar-refractivity contribution is 0.413. The number of hydrogen-bond donors (Lipinski definition) is 1. The van der Waals surface area contributed by atoms with E-state index in [-0.39, 0.29) is 9.80 Å². The van der Waals surface area contributed by atoms with Crippen LogP contribution in [-0.4, -0.2) is 21.6 Å². The van der Waals surface area contributed by atoms with Crippen LogP contribution in [0.1, 0.15) is 12.5 Å². The molecule has 4 nitrogen and oxygen atoms in total. The van der Waals surface area contributed by atoms with Gasteiger partial charge in [-0.15, -0.1) is 0 Å². The third kappa shape index (κ3) is 1.52. The predicted octanol–water partition coefficient (Wildman–Crippen LogP) is 1.17. The number of rotatable bonds is 2. The van der Waals surface area contributed by atoms with E-state index in [4.69, 9.17) is 10.5 Å². The van der Waals surface area contributed by atoms with Crippen LogP contribution in [0.25, 0.3) is 6.08 Å². The molecule has 1 aromatic rings. The van der Waals surface area contributed by atoms with E-state index >= 15 is 0 Å². The van der Waals surface area contributed by atoms with Gasteiger partial charge in [-0.05, 0) is 36.8 Å². The van der Waals surface area contributed by atoms with Crippen LogP contribution in [0.5, 0.6) is 5.75 Å². The molecule has 5 heteroatoms. The van der Waals surface area contributed by atoms with Gasteiger partial charge in [-0.3, -0.25) is 0 Å². The summed E-state index contributed by atoms with van der Waals surface area (Å²) in [7, 11) is -1.92. The zero-order valence-corrected chi connectivity index (χ0v) is 9.91. The first-order valence-corrected chi connectivity index (χ1v) is 6.35. The highest BCUT2D eigenvalue weighted by Gasteiger charge is 2.31. The number of nitrogens with two attached hydrogens (primary N) is 1. The summed E-state index contributed by atoms with van der Waals surface area (Å²) in [6, 6.07) is 4.48. The third-order valence-corrected chi connectivity index (χ3v) is 4.61. The molecule has 0 saturated heterocycles. The number of ether oxygens (including phenoxy) is 1. The molecule has 16 heavy (non-hydrogen) atoms. The summed E-state index contributed by atoms with van der Waals surface area (Å²) < 4.78 is 29.2. The fourth-order valence-corrected chi connectivity index (χ4v) is 3.46. The quantitative estimate of drug-likeness (QED) is 0.841. The van der Waals surface area contributed by atoms with E-state index in [0.29, 0.717) is 11.3 Å². The van der Waals surface area contributed by atoms with Crippen molar-refractivity contribution in [2.45, 2.75) is 17.9 Å². The second-order valence-electron chi connectivity index (χ2n) is 3.74. The number of sulfone groups is 1. The minimum Gasteiger partial charge on any atom is -0.497 e. The largest absolute Gasteiger partial charge is 0.497 e. The smallest absolute Gasteiger partial charge is 0.205 e. The van der Waals surface area contributed by atoms with Crippen molar-refractivity contribution in [3.05, 3.63) is 28.7 Å². The molecule has 1 atom stereocenters. The average Bonchev–Trinajstić information content (AvgIpc) is 2.50. The van der Waals surface area contributed by atoms with Crippen LogP contribution in [0.2, 0.25) is 0 Å². The highest BCUT2D eigenvalue weighted by atomic mass is 32.2. The maximum Gasteiger partial charge on any atom is 0.205 e. The summed E-state index contributed by atoms with van der Waals surface area (Å²) in [5.74, 6) is 0.529. The molecule has 86 valence electrons. The Balaban J connectivity index is 2.62. The third-order valence-electron chi connectivity index (χ3n) is 2.57. The van der Waals surface area contributed by atoms with Crippen LogP contribution in [-0.2, 0) is 9.84 Å². The van der Waals surface area contributed by atoms with Gasteiger partial charge in [0.05, 0.1) is 16.9 Å². The fourth-order valence-electron chi connectivity index (χ4n) is 1.73. The number of fused-ring (bicyclic) bond motifs is 1. The van der Waals surface area contributed by atoms with Gasteiger partial charge in [0.25, 0.3) is 0 Å². The van der Waals surface area contributed by atoms with Gasteiger partial charge in [0.2, 0.25) is 9.84 Å². The molecule has 0 amide bonds. The van der Waals surface area contributed by atoms with Gasteiger partial charge in [-0.2, -0.15) is 0 Å². The average molecular weight is 239 g/mol. The van der Waals surface area contributed by atoms with Crippen LogP contribution >= 0.6 is 0 Å². The molecule has 1 heterocycles. The Labute approximate surface area is 94.6 Å². The monoisotopic (exact) mass is 239 g/mol. The summed E-state index contributed by atoms with van der Waals surface area (Å²) in [6.45, 7) is 1.66. The Morgan fingerprint density at radius 1 is 1.38 bits per heavy atom. The van der Waals surface area contributed by atoms with Crippen molar-refractivity contribution in [2.24, 2.45) is 5.73 Å². The Bertz CT molecular complexity index is 559. The van der Waals surface area contributed by atoms with Gasteiger partial charge >= 0.3 is 0 Å². The molecular weight excluding hydrogens is 226 g/mol. The summed E-state index contributed by atoms with van der Waals surface area (Å²) in [4.78, 5) is 0.537. The van der Waals surface area contributed by atoms with Crippen LogP contribution in [0.3, 0.4) is 0 Å². The van der Waals surface area contributed by atoms with Crippen LogP contribution in [0, 0.1) is 0 Å². The lowest BCUT2D eigenvalue weighted by atomic mass is 10.2. The summed E-state index contributed by atoms with van der Waals surface area (Å²) in [5, 5.41) is 0. The normalized spacial score (nSPS) is 18.8. The summed E-state index contributed by atoms with van der Waals surface area (Å²) >= 11 is 0. The second-order valence-corrected chi connectivity index (χ2v) is 5.66. The molecule has 1 aromatic carbocycles. The standard InChI is InChI=1S/C11H13NO3S/c1-7(12)10-5-8-3-4-9(15-2)6-11(8)16(10,13)14/h3-7H,12H2,1-2H3. The minimum atomic E-state index is -3.42. The molecule has 0 bridgehead atoms. The zero-order valence-electron chi connectivity index (χ0n) is 9.10. The van der Waals surface area contributed by atoms with Crippen LogP contribution < -0.4 is 10.5 Å². The molecule has 0 aromatic heterocycles. The predicted molar refractivity (Wildman–Crippen MR) is 61.8 cm³/mol. The first kappa shape index (κ1) is 11.2. The summed E-state index contributed by atoms with van der Waals surface area (Å²) in [6.07, 6.45) is 1.62. The topological polar surface area (TPSA) is 69.4 Å². The molecule has 0 aliphatic carbocycles. The van der Waals surface area contributed by atoms with Gasteiger partial charge in [0.15, 0.2) is 0 Å². The number of methoxy groups -OCH3 is 1. The van der Waals surface area contributed by atoms with Gasteiger partial charge in [0.1, 0.15) is 5.75 Å². The molecule has 0 spiro atoms. The molecule has 0 radical (unpaired) electrons. The van der Waals surface area contributed by atoms with Crippen molar-refractivity contribution >= 4 is 15.9 Å². The maximum atomic E-state index is 12.1. The Kier molecular flexibility index (Phi) is 2.52. The van der Waals surface area contributed by atoms with E-state index in [1.165, 1.54) is 13.2 Å². The van der Waals surface area contributed by atoms with E-state index < -0.39 is 15.9 Å². The van der Waals surface area contributed by atoms with E-state index in [9.17, 15) is 8.42 Å². The Hall–Kier alpha value is -1.33. The highest BCUT2D eigenvalue weighted by Crippen LogP contribution is 2.35. The van der Waals surface area contributed by atoms with E-state index in [1.54, 1.807) is 25.1 Å². The van der Waals surface area contributed by atoms with Crippen LogP contribution in [0.4, 0.5) is 0 Å². The zero-order chi connectivity index (χ0) is 11.9. The van der Waals surface area contributed by atoms with Gasteiger partial charge in [-0.25, -0.2) is 8.42 Å². The van der Waals surface area contributed by atoms with Crippen molar-refractivity contribution in [2.75, 3.05) is 7.11 Å². The van der Waals surface area contributed by atoms with Crippen LogP contribution in [0.15, 0.2) is 28.0 Å². The van der Waals surface area contributed by atoms with Crippen molar-refractivity contribution in [1.29, 1.82) is 0 Å². The Morgan fingerprint density at radius 3 is 2.62 bits per heavy atom. The molecular formula is C11H13NO3S. The van der Waals surface area contributed by atoms with E-state index in [2.05, 4.69) is 0 Å². The number of hydrogen-bond acceptors (Lipinski definition) is 4. The van der Waals surface area contributed by atoms with E-state index in [1.807, 2.05) is 0 Å². The fraction of sp³-hybridized carbons (Fsp3) is 0.273. The SMILES string of the molecule is COc1ccc2c(c1)S(=O)(=O)C(C(C)N)=C2. The lowest BCUT2D eigenvalue weighted by Crippen LogP contribution is -2.21. The molecule has 1 unspecified atom stereocenters. The first-order valence-electron chi connectivity index (χ1n) is 4.87. The Morgan fingerprint density at radius 2 is 2.06 bits per heavy atom. The molecule has 0 fully saturated rings. The first-order chi connectivity index (χ1) is 7.46. The molecule has 0 saturated carbocycles.